The molecular formula is C45H50N6O9S. The third-order valence-electron chi connectivity index (χ3n) is 10.5. The fourth-order valence-electron chi connectivity index (χ4n) is 7.35. The van der Waals surface area contributed by atoms with Crippen molar-refractivity contribution in [1.82, 2.24) is 25.2 Å². The summed E-state index contributed by atoms with van der Waals surface area (Å²) in [5.74, 6) is -2.06. The summed E-state index contributed by atoms with van der Waals surface area (Å²) in [5.41, 5.74) is -1.66. The van der Waals surface area contributed by atoms with Gasteiger partial charge in [-0.3, -0.25) is 14.4 Å². The van der Waals surface area contributed by atoms with Gasteiger partial charge in [0.2, 0.25) is 11.8 Å². The largest absolute Gasteiger partial charge is 0.497 e. The highest BCUT2D eigenvalue weighted by atomic mass is 32.2. The van der Waals surface area contributed by atoms with Gasteiger partial charge in [-0.2, -0.15) is 5.26 Å². The Morgan fingerprint density at radius 3 is 2.31 bits per heavy atom. The van der Waals surface area contributed by atoms with Crippen LogP contribution in [0, 0.1) is 22.7 Å². The number of nitrogens with one attached hydrogen (secondary N) is 3. The standard InChI is InChI=1S/C45H50N6O9S/c1-9-29-24-45(29,41(54)50-61(56,57)37-18-14-13-17-28(37)25-46)49-39(52)35-22-31(26-51(35)40(53)38(43(2,3)4)48-42(55)60-44(5,6)7)59-36-23-33(27-15-11-10-12-16-27)47-34-21-30(58-8)19-20-32(34)36/h9-21,23,29,31,35,38H,1,22,24,26H2,2-8H3,(H,48,55)(H,49,52)(H,50,54)/t29-,31-,35+,38-,45-/m1/s1. The van der Waals surface area contributed by atoms with E-state index in [0.717, 1.165) is 5.56 Å². The maximum absolute atomic E-state index is 14.8. The average molecular weight is 851 g/mol. The van der Waals surface area contributed by atoms with Crippen LogP contribution in [-0.4, -0.2) is 85.1 Å². The van der Waals surface area contributed by atoms with Crippen LogP contribution in [0.25, 0.3) is 22.2 Å². The summed E-state index contributed by atoms with van der Waals surface area (Å²) in [6.07, 6.45) is -0.217. The topological polar surface area (TPSA) is 206 Å². The van der Waals surface area contributed by atoms with Gasteiger partial charge in [-0.05, 0) is 56.9 Å². The smallest absolute Gasteiger partial charge is 0.408 e. The Labute approximate surface area is 355 Å². The highest BCUT2D eigenvalue weighted by Crippen LogP contribution is 2.45. The van der Waals surface area contributed by atoms with Crippen molar-refractivity contribution in [3.05, 3.63) is 97.1 Å². The van der Waals surface area contributed by atoms with Crippen molar-refractivity contribution in [3.63, 3.8) is 0 Å². The molecule has 0 radical (unpaired) electrons. The number of rotatable bonds is 12. The van der Waals surface area contributed by atoms with E-state index >= 15 is 0 Å². The first-order chi connectivity index (χ1) is 28.7. The normalized spacial score (nSPS) is 20.4. The van der Waals surface area contributed by atoms with E-state index in [-0.39, 0.29) is 24.9 Å². The number of carbonyl (C=O) groups excluding carboxylic acids is 4. The van der Waals surface area contributed by atoms with Crippen LogP contribution in [0.5, 0.6) is 11.5 Å². The Morgan fingerprint density at radius 1 is 1.00 bits per heavy atom. The molecule has 320 valence electrons. The molecular weight excluding hydrogens is 801 g/mol. The zero-order valence-corrected chi connectivity index (χ0v) is 36.0. The number of alkyl carbamates (subject to hydrolysis) is 1. The zero-order valence-electron chi connectivity index (χ0n) is 35.1. The second-order valence-electron chi connectivity index (χ2n) is 17.2. The Kier molecular flexibility index (Phi) is 12.2. The second kappa shape index (κ2) is 16.9. The van der Waals surface area contributed by atoms with Crippen molar-refractivity contribution >= 4 is 44.7 Å². The van der Waals surface area contributed by atoms with E-state index < -0.39 is 79.4 Å². The molecule has 4 aromatic rings. The van der Waals surface area contributed by atoms with Gasteiger partial charge in [-0.25, -0.2) is 22.9 Å². The maximum atomic E-state index is 14.8. The van der Waals surface area contributed by atoms with Gasteiger partial charge in [0.15, 0.2) is 0 Å². The van der Waals surface area contributed by atoms with Crippen LogP contribution in [0.4, 0.5) is 4.79 Å². The number of fused-ring (bicyclic) bond motifs is 1. The van der Waals surface area contributed by atoms with Gasteiger partial charge in [-0.15, -0.1) is 6.58 Å². The van der Waals surface area contributed by atoms with E-state index in [1.807, 2.05) is 47.2 Å². The summed E-state index contributed by atoms with van der Waals surface area (Å²) in [5, 5.41) is 15.7. The minimum absolute atomic E-state index is 0.0175. The number of aromatic nitrogens is 1. The molecule has 0 bridgehead atoms. The molecule has 15 nitrogen and oxygen atoms in total. The number of hydrogen-bond donors (Lipinski definition) is 3. The van der Waals surface area contributed by atoms with Crippen LogP contribution in [0.1, 0.15) is 59.9 Å². The molecule has 1 saturated carbocycles. The number of hydrogen-bond acceptors (Lipinski definition) is 11. The first kappa shape index (κ1) is 44.1. The molecule has 6 rings (SSSR count). The van der Waals surface area contributed by atoms with E-state index in [1.54, 1.807) is 66.9 Å². The summed E-state index contributed by atoms with van der Waals surface area (Å²) in [6, 6.07) is 21.4. The average Bonchev–Trinajstić information content (AvgIpc) is 3.77. The number of methoxy groups -OCH3 is 1. The zero-order chi connectivity index (χ0) is 44.5. The number of likely N-dealkylation sites (tertiary alicyclic amines) is 1. The van der Waals surface area contributed by atoms with Crippen molar-refractivity contribution in [3.8, 4) is 28.8 Å². The Morgan fingerprint density at radius 2 is 1.69 bits per heavy atom. The number of sulfonamides is 1. The predicted octanol–water partition coefficient (Wildman–Crippen LogP) is 5.64. The fourth-order valence-corrected chi connectivity index (χ4v) is 8.55. The number of amides is 4. The second-order valence-corrected chi connectivity index (χ2v) is 18.9. The summed E-state index contributed by atoms with van der Waals surface area (Å²) in [7, 11) is -3.00. The summed E-state index contributed by atoms with van der Waals surface area (Å²) >= 11 is 0. The third kappa shape index (κ3) is 9.62. The molecule has 61 heavy (non-hydrogen) atoms. The molecule has 2 aliphatic rings. The van der Waals surface area contributed by atoms with Crippen molar-refractivity contribution in [2.75, 3.05) is 13.7 Å². The molecule has 16 heteroatoms. The Balaban J connectivity index is 1.36. The number of carbonyl (C=O) groups is 4. The van der Waals surface area contributed by atoms with E-state index in [1.165, 1.54) is 35.2 Å². The van der Waals surface area contributed by atoms with Gasteiger partial charge in [-0.1, -0.05) is 69.3 Å². The molecule has 3 aromatic carbocycles. The number of nitrogens with zero attached hydrogens (tertiary/aromatic N) is 3. The first-order valence-corrected chi connectivity index (χ1v) is 21.2. The summed E-state index contributed by atoms with van der Waals surface area (Å²) in [6.45, 7) is 14.0. The molecule has 1 saturated heterocycles. The number of ether oxygens (including phenoxy) is 3. The monoisotopic (exact) mass is 850 g/mol. The van der Waals surface area contributed by atoms with Crippen LogP contribution < -0.4 is 24.8 Å². The SMILES string of the molecule is C=C[C@@H]1C[C@]1(NC(=O)[C@@H]1C[C@@H](Oc2cc(-c3ccccc3)nc3cc(OC)ccc23)CN1C(=O)[C@@H](NC(=O)OC(C)(C)C)C(C)(C)C)C(=O)NS(=O)(=O)c1ccccc1C#N. The third-order valence-corrected chi connectivity index (χ3v) is 11.9. The highest BCUT2D eigenvalue weighted by Gasteiger charge is 2.61. The van der Waals surface area contributed by atoms with Gasteiger partial charge in [0, 0.05) is 35.4 Å². The maximum Gasteiger partial charge on any atom is 0.408 e. The van der Waals surface area contributed by atoms with Gasteiger partial charge in [0.25, 0.3) is 15.9 Å². The molecule has 2 heterocycles. The fraction of sp³-hybridized carbons (Fsp3) is 0.378. The van der Waals surface area contributed by atoms with E-state index in [9.17, 15) is 32.9 Å². The molecule has 4 amide bonds. The molecule has 5 atom stereocenters. The van der Waals surface area contributed by atoms with Crippen LogP contribution in [-0.2, 0) is 29.1 Å². The molecule has 1 aliphatic heterocycles. The van der Waals surface area contributed by atoms with Gasteiger partial charge >= 0.3 is 6.09 Å². The molecule has 0 spiro atoms. The molecule has 1 aromatic heterocycles. The van der Waals surface area contributed by atoms with Crippen LogP contribution in [0.3, 0.4) is 0 Å². The highest BCUT2D eigenvalue weighted by molar-refractivity contribution is 7.90. The lowest BCUT2D eigenvalue weighted by atomic mass is 9.85. The van der Waals surface area contributed by atoms with Crippen molar-refractivity contribution in [2.45, 2.75) is 88.6 Å². The van der Waals surface area contributed by atoms with Gasteiger partial charge in [0.05, 0.1) is 30.4 Å². The molecule has 2 fully saturated rings. The predicted molar refractivity (Wildman–Crippen MR) is 227 cm³/mol. The molecule has 1 aliphatic carbocycles. The minimum Gasteiger partial charge on any atom is -0.497 e. The summed E-state index contributed by atoms with van der Waals surface area (Å²) in [4.78, 5) is 62.2. The lowest BCUT2D eigenvalue weighted by Gasteiger charge is -2.36. The lowest BCUT2D eigenvalue weighted by Crippen LogP contribution is -2.60. The molecule has 0 unspecified atom stereocenters. The lowest BCUT2D eigenvalue weighted by molar-refractivity contribution is -0.143. The van der Waals surface area contributed by atoms with Gasteiger partial charge < -0.3 is 29.7 Å². The van der Waals surface area contributed by atoms with E-state index in [0.29, 0.717) is 28.1 Å². The number of pyridine rings is 1. The number of benzene rings is 3. The van der Waals surface area contributed by atoms with Crippen LogP contribution in [0.15, 0.2) is 96.4 Å². The quantitative estimate of drug-likeness (QED) is 0.149. The Hall–Kier alpha value is -6.47. The summed E-state index contributed by atoms with van der Waals surface area (Å²) < 4.78 is 46.6. The molecule has 3 N–H and O–H groups in total. The van der Waals surface area contributed by atoms with Crippen molar-refractivity contribution in [1.29, 1.82) is 5.26 Å². The van der Waals surface area contributed by atoms with Gasteiger partial charge in [0.1, 0.15) is 51.8 Å². The Bertz CT molecular complexity index is 2530. The number of nitriles is 1. The minimum atomic E-state index is -4.56. The van der Waals surface area contributed by atoms with Crippen LogP contribution >= 0.6 is 0 Å². The van der Waals surface area contributed by atoms with Crippen molar-refractivity contribution < 1.29 is 41.8 Å². The van der Waals surface area contributed by atoms with E-state index in [4.69, 9.17) is 19.2 Å². The van der Waals surface area contributed by atoms with E-state index in [2.05, 4.69) is 17.2 Å². The van der Waals surface area contributed by atoms with Crippen molar-refractivity contribution in [2.24, 2.45) is 11.3 Å². The van der Waals surface area contributed by atoms with Crippen LogP contribution in [0.2, 0.25) is 0 Å². The first-order valence-electron chi connectivity index (χ1n) is 19.7.